The molecule has 0 spiro atoms. The first-order valence-electron chi connectivity index (χ1n) is 10.2. The maximum Gasteiger partial charge on any atom is 0.195 e. The van der Waals surface area contributed by atoms with Crippen LogP contribution in [0.5, 0.6) is 0 Å². The lowest BCUT2D eigenvalue weighted by Gasteiger charge is -2.30. The number of hydrogen-bond acceptors (Lipinski definition) is 3. The van der Waals surface area contributed by atoms with Crippen molar-refractivity contribution in [1.29, 1.82) is 0 Å². The largest absolute Gasteiger partial charge is 0.344 e. The zero-order valence-corrected chi connectivity index (χ0v) is 18.2. The minimum absolute atomic E-state index is 0.0339. The highest BCUT2D eigenvalue weighted by atomic mass is 32.2. The summed E-state index contributed by atoms with van der Waals surface area (Å²) in [6.45, 7) is 5.28. The summed E-state index contributed by atoms with van der Waals surface area (Å²) in [4.78, 5) is 16.6. The molecular formula is C24H28N2O2S. The summed E-state index contributed by atoms with van der Waals surface area (Å²) in [6, 6.07) is 15.4. The number of hydrogen-bond donors (Lipinski definition) is 0. The Balaban J connectivity index is 1.73. The molecule has 2 atom stereocenters. The highest BCUT2D eigenvalue weighted by molar-refractivity contribution is 7.84. The Morgan fingerprint density at radius 1 is 1.14 bits per heavy atom. The maximum atomic E-state index is 13.4. The predicted molar refractivity (Wildman–Crippen MR) is 119 cm³/mol. The van der Waals surface area contributed by atoms with Gasteiger partial charge in [-0.05, 0) is 69.6 Å². The Bertz CT molecular complexity index is 1070. The Kier molecular flexibility index (Phi) is 5.70. The third-order valence-electron chi connectivity index (χ3n) is 6.07. The van der Waals surface area contributed by atoms with E-state index in [1.165, 1.54) is 19.4 Å². The summed E-state index contributed by atoms with van der Waals surface area (Å²) in [6.07, 6.45) is 4.11. The van der Waals surface area contributed by atoms with Gasteiger partial charge >= 0.3 is 0 Å². The zero-order valence-electron chi connectivity index (χ0n) is 17.4. The van der Waals surface area contributed by atoms with Crippen molar-refractivity contribution in [2.45, 2.75) is 31.2 Å². The maximum absolute atomic E-state index is 13.4. The number of rotatable bonds is 5. The fraction of sp³-hybridized carbons (Fsp3) is 0.375. The van der Waals surface area contributed by atoms with Crippen molar-refractivity contribution in [3.8, 4) is 0 Å². The van der Waals surface area contributed by atoms with Gasteiger partial charge < -0.3 is 9.47 Å². The van der Waals surface area contributed by atoms with Crippen molar-refractivity contribution in [1.82, 2.24) is 9.47 Å². The molecule has 1 aliphatic rings. The molecule has 1 aliphatic heterocycles. The van der Waals surface area contributed by atoms with E-state index in [-0.39, 0.29) is 5.78 Å². The summed E-state index contributed by atoms with van der Waals surface area (Å²) in [5, 5.41) is 1.02. The molecule has 4 rings (SSSR count). The molecule has 5 heteroatoms. The number of likely N-dealkylation sites (tertiary alicyclic amines) is 1. The van der Waals surface area contributed by atoms with E-state index < -0.39 is 10.8 Å². The molecule has 2 aromatic carbocycles. The highest BCUT2D eigenvalue weighted by Crippen LogP contribution is 2.30. The normalized spacial score (nSPS) is 18.8. The van der Waals surface area contributed by atoms with E-state index in [2.05, 4.69) is 35.6 Å². The first kappa shape index (κ1) is 20.0. The van der Waals surface area contributed by atoms with Crippen LogP contribution in [0.25, 0.3) is 10.9 Å². The fourth-order valence-corrected chi connectivity index (χ4v) is 5.09. The van der Waals surface area contributed by atoms with Crippen LogP contribution in [-0.4, -0.2) is 45.9 Å². The van der Waals surface area contributed by atoms with Gasteiger partial charge in [-0.3, -0.25) is 9.00 Å². The fourth-order valence-electron chi connectivity index (χ4n) is 4.58. The lowest BCUT2D eigenvalue weighted by Crippen LogP contribution is -2.34. The van der Waals surface area contributed by atoms with Crippen molar-refractivity contribution in [3.63, 3.8) is 0 Å². The van der Waals surface area contributed by atoms with Gasteiger partial charge in [0.2, 0.25) is 0 Å². The van der Waals surface area contributed by atoms with Crippen molar-refractivity contribution >= 4 is 27.5 Å². The molecule has 152 valence electrons. The van der Waals surface area contributed by atoms with Crippen molar-refractivity contribution in [3.05, 3.63) is 65.4 Å². The molecule has 1 fully saturated rings. The summed E-state index contributed by atoms with van der Waals surface area (Å²) >= 11 is 0. The molecule has 2 heterocycles. The monoisotopic (exact) mass is 408 g/mol. The lowest BCUT2D eigenvalue weighted by atomic mass is 9.98. The molecule has 1 saturated heterocycles. The number of nitrogens with zero attached hydrogens (tertiary/aromatic N) is 2. The molecule has 3 aromatic rings. The molecule has 0 aliphatic carbocycles. The van der Waals surface area contributed by atoms with Crippen LogP contribution in [-0.2, 0) is 17.3 Å². The van der Waals surface area contributed by atoms with Crippen molar-refractivity contribution < 1.29 is 9.00 Å². The summed E-state index contributed by atoms with van der Waals surface area (Å²) in [5.41, 5.74) is 3.60. The molecule has 0 N–H and O–H groups in total. The molecule has 0 radical (unpaired) electrons. The number of ketones is 1. The number of piperidine rings is 1. The summed E-state index contributed by atoms with van der Waals surface area (Å²) in [5.74, 6) is 0.636. The quantitative estimate of drug-likeness (QED) is 0.593. The highest BCUT2D eigenvalue weighted by Gasteiger charge is 2.24. The van der Waals surface area contributed by atoms with Crippen molar-refractivity contribution in [2.75, 3.05) is 26.4 Å². The second-order valence-corrected chi connectivity index (χ2v) is 9.55. The Morgan fingerprint density at radius 2 is 1.86 bits per heavy atom. The van der Waals surface area contributed by atoms with E-state index in [1.807, 2.05) is 12.1 Å². The standard InChI is InChI=1S/C24H28N2O2S/c1-17-23(24(27)19-10-12-20(13-11-19)29(3)28)21-8-4-5-9-22(21)26(17)16-18-7-6-14-25(2)15-18/h4-5,8-13,18H,6-7,14-16H2,1-3H3. The van der Waals surface area contributed by atoms with Gasteiger partial charge in [-0.2, -0.15) is 0 Å². The molecule has 0 saturated carbocycles. The van der Waals surface area contributed by atoms with Crippen LogP contribution in [0.2, 0.25) is 0 Å². The van der Waals surface area contributed by atoms with Crippen LogP contribution in [0.3, 0.4) is 0 Å². The second-order valence-electron chi connectivity index (χ2n) is 8.17. The molecule has 29 heavy (non-hydrogen) atoms. The number of fused-ring (bicyclic) bond motifs is 1. The number of carbonyl (C=O) groups excluding carboxylic acids is 1. The molecule has 1 aromatic heterocycles. The van der Waals surface area contributed by atoms with E-state index in [4.69, 9.17) is 0 Å². The predicted octanol–water partition coefficient (Wildman–Crippen LogP) is 4.26. The average molecular weight is 409 g/mol. The topological polar surface area (TPSA) is 42.3 Å². The summed E-state index contributed by atoms with van der Waals surface area (Å²) in [7, 11) is 1.14. The van der Waals surface area contributed by atoms with Crippen LogP contribution < -0.4 is 0 Å². The Morgan fingerprint density at radius 3 is 2.55 bits per heavy atom. The smallest absolute Gasteiger partial charge is 0.195 e. The zero-order chi connectivity index (χ0) is 20.5. The van der Waals surface area contributed by atoms with Crippen molar-refractivity contribution in [2.24, 2.45) is 5.92 Å². The first-order valence-corrected chi connectivity index (χ1v) is 11.8. The third kappa shape index (κ3) is 3.94. The Labute approximate surface area is 175 Å². The van der Waals surface area contributed by atoms with Crippen LogP contribution in [0.4, 0.5) is 0 Å². The third-order valence-corrected chi connectivity index (χ3v) is 7.01. The van der Waals surface area contributed by atoms with Gasteiger partial charge in [0, 0.05) is 57.2 Å². The van der Waals surface area contributed by atoms with Crippen LogP contribution >= 0.6 is 0 Å². The van der Waals surface area contributed by atoms with Crippen LogP contribution in [0.1, 0.15) is 34.5 Å². The molecule has 4 nitrogen and oxygen atoms in total. The van der Waals surface area contributed by atoms with Gasteiger partial charge in [0.05, 0.1) is 5.56 Å². The first-order chi connectivity index (χ1) is 14.0. The van der Waals surface area contributed by atoms with Gasteiger partial charge in [-0.15, -0.1) is 0 Å². The number of para-hydroxylation sites is 1. The van der Waals surface area contributed by atoms with E-state index in [1.54, 1.807) is 30.5 Å². The van der Waals surface area contributed by atoms with E-state index in [0.717, 1.165) is 40.1 Å². The minimum atomic E-state index is -1.04. The number of aromatic nitrogens is 1. The Hall–Kier alpha value is -2.24. The van der Waals surface area contributed by atoms with E-state index >= 15 is 0 Å². The minimum Gasteiger partial charge on any atom is -0.344 e. The number of carbonyl (C=O) groups is 1. The van der Waals surface area contributed by atoms with E-state index in [9.17, 15) is 9.00 Å². The molecule has 2 unspecified atom stereocenters. The second kappa shape index (κ2) is 8.25. The van der Waals surface area contributed by atoms with E-state index in [0.29, 0.717) is 11.5 Å². The molecule has 0 amide bonds. The van der Waals surface area contributed by atoms with Crippen LogP contribution in [0, 0.1) is 12.8 Å². The van der Waals surface area contributed by atoms with Gasteiger partial charge in [-0.25, -0.2) is 0 Å². The van der Waals surface area contributed by atoms with Crippen LogP contribution in [0.15, 0.2) is 53.4 Å². The van der Waals surface area contributed by atoms with Gasteiger partial charge in [0.25, 0.3) is 0 Å². The molecule has 0 bridgehead atoms. The SMILES string of the molecule is Cc1c(C(=O)c2ccc(S(C)=O)cc2)c2ccccc2n1CC1CCCN(C)C1. The van der Waals surface area contributed by atoms with Gasteiger partial charge in [0.1, 0.15) is 0 Å². The van der Waals surface area contributed by atoms with Gasteiger partial charge in [-0.1, -0.05) is 18.2 Å². The average Bonchev–Trinajstić information content (AvgIpc) is 2.99. The summed E-state index contributed by atoms with van der Waals surface area (Å²) < 4.78 is 14.0. The van der Waals surface area contributed by atoms with Gasteiger partial charge in [0.15, 0.2) is 5.78 Å². The molecular weight excluding hydrogens is 380 g/mol. The number of benzene rings is 2. The lowest BCUT2D eigenvalue weighted by molar-refractivity contribution is 0.103.